The number of rotatable bonds is 55. The van der Waals surface area contributed by atoms with Crippen molar-refractivity contribution >= 4 is 17.6 Å². The Hall–Kier alpha value is -2.21. The summed E-state index contributed by atoms with van der Waals surface area (Å²) >= 11 is 0. The van der Waals surface area contributed by atoms with Crippen molar-refractivity contribution in [3.05, 3.63) is 36.5 Å². The minimum atomic E-state index is -0.145. The number of unbranched alkanes of at least 4 members (excludes halogenated alkanes) is 33. The van der Waals surface area contributed by atoms with Crippen LogP contribution in [-0.2, 0) is 14.4 Å². The predicted octanol–water partition coefficient (Wildman–Crippen LogP) is 17.9. The van der Waals surface area contributed by atoms with Crippen molar-refractivity contribution in [2.24, 2.45) is 5.92 Å². The Kier molecular flexibility index (Phi) is 54.5. The van der Waals surface area contributed by atoms with Crippen LogP contribution in [0.4, 0.5) is 0 Å². The third-order valence-corrected chi connectivity index (χ3v) is 13.5. The molecule has 0 spiro atoms. The van der Waals surface area contributed by atoms with Gasteiger partial charge in [-0.15, -0.1) is 0 Å². The first-order valence-corrected chi connectivity index (χ1v) is 29.8. The summed E-state index contributed by atoms with van der Waals surface area (Å²) in [5, 5.41) is 9.74. The second-order valence-corrected chi connectivity index (χ2v) is 20.2. The van der Waals surface area contributed by atoms with Gasteiger partial charge in [0.15, 0.2) is 0 Å². The highest BCUT2D eigenvalue weighted by Crippen LogP contribution is 2.15. The average molecular weight is 939 g/mol. The highest BCUT2D eigenvalue weighted by molar-refractivity contribution is 5.82. The Balaban J connectivity index is 4.31. The number of carbonyl (C=O) groups excluding carboxylic acids is 3. The molecular weight excluding hydrogens is 823 g/mol. The van der Waals surface area contributed by atoms with E-state index >= 15 is 0 Å². The third-order valence-electron chi connectivity index (χ3n) is 13.5. The molecule has 0 aromatic rings. The minimum Gasteiger partial charge on any atom is -0.356 e. The maximum Gasteiger partial charge on any atom is 0.220 e. The summed E-state index contributed by atoms with van der Waals surface area (Å²) < 4.78 is 0. The van der Waals surface area contributed by atoms with E-state index in [-0.39, 0.29) is 17.7 Å². The van der Waals surface area contributed by atoms with Gasteiger partial charge >= 0.3 is 0 Å². The minimum absolute atomic E-state index is 0.0851. The molecule has 0 aromatic heterocycles. The number of allylic oxidation sites excluding steroid dienone is 6. The van der Waals surface area contributed by atoms with Crippen molar-refractivity contribution in [3.8, 4) is 0 Å². The van der Waals surface area contributed by atoms with Crippen molar-refractivity contribution in [1.82, 2.24) is 16.0 Å². The Bertz CT molecular complexity index is 1130. The van der Waals surface area contributed by atoms with Gasteiger partial charge in [0.2, 0.25) is 11.8 Å². The Morgan fingerprint density at radius 2 is 0.642 bits per heavy atom. The lowest BCUT2D eigenvalue weighted by Gasteiger charge is -2.17. The average Bonchev–Trinajstić information content (AvgIpc) is 3.33. The number of amides is 2. The number of ketones is 1. The van der Waals surface area contributed by atoms with Crippen LogP contribution in [0, 0.1) is 5.92 Å². The van der Waals surface area contributed by atoms with Crippen molar-refractivity contribution in [3.63, 3.8) is 0 Å². The molecule has 0 aromatic carbocycles. The fraction of sp³-hybridized carbons (Fsp3) is 0.852. The molecule has 6 heteroatoms. The SMILES string of the molecule is CCCCCCCC/C=C\CCCCCCCC(=O)NCCCNCCC(CNC(=O)CCCCCCC/C=C\CCCCCCCC)C(=O)CCCCCCC/C=C\CCCCCCCC. The largest absolute Gasteiger partial charge is 0.356 e. The van der Waals surface area contributed by atoms with E-state index in [0.29, 0.717) is 38.1 Å². The van der Waals surface area contributed by atoms with Gasteiger partial charge in [0, 0.05) is 38.3 Å². The second-order valence-electron chi connectivity index (χ2n) is 20.2. The van der Waals surface area contributed by atoms with Gasteiger partial charge in [-0.25, -0.2) is 0 Å². The van der Waals surface area contributed by atoms with Gasteiger partial charge in [-0.05, 0) is 122 Å². The van der Waals surface area contributed by atoms with E-state index < -0.39 is 0 Å². The molecule has 0 saturated carbocycles. The highest BCUT2D eigenvalue weighted by atomic mass is 16.2. The van der Waals surface area contributed by atoms with E-state index in [2.05, 4.69) is 73.2 Å². The molecule has 0 bridgehead atoms. The van der Waals surface area contributed by atoms with Gasteiger partial charge < -0.3 is 16.0 Å². The number of carbonyl (C=O) groups is 3. The molecule has 0 heterocycles. The van der Waals surface area contributed by atoms with Crippen molar-refractivity contribution < 1.29 is 14.4 Å². The third kappa shape index (κ3) is 53.0. The lowest BCUT2D eigenvalue weighted by Crippen LogP contribution is -2.35. The molecule has 6 nitrogen and oxygen atoms in total. The van der Waals surface area contributed by atoms with Gasteiger partial charge in [0.1, 0.15) is 5.78 Å². The zero-order valence-electron chi connectivity index (χ0n) is 45.2. The van der Waals surface area contributed by atoms with Crippen LogP contribution in [-0.4, -0.2) is 43.8 Å². The zero-order chi connectivity index (χ0) is 48.6. The van der Waals surface area contributed by atoms with Crippen LogP contribution in [0.15, 0.2) is 36.5 Å². The van der Waals surface area contributed by atoms with E-state index in [4.69, 9.17) is 0 Å². The van der Waals surface area contributed by atoms with Crippen LogP contribution in [0.1, 0.15) is 303 Å². The maximum absolute atomic E-state index is 13.4. The van der Waals surface area contributed by atoms with E-state index in [0.717, 1.165) is 64.5 Å². The van der Waals surface area contributed by atoms with Crippen LogP contribution < -0.4 is 16.0 Å². The van der Waals surface area contributed by atoms with E-state index in [1.807, 2.05) is 0 Å². The molecule has 67 heavy (non-hydrogen) atoms. The Morgan fingerprint density at radius 1 is 0.328 bits per heavy atom. The summed E-state index contributed by atoms with van der Waals surface area (Å²) in [7, 11) is 0. The van der Waals surface area contributed by atoms with Crippen LogP contribution in [0.3, 0.4) is 0 Å². The Labute approximate surface area is 418 Å². The number of hydrogen-bond donors (Lipinski definition) is 3. The van der Waals surface area contributed by atoms with E-state index in [9.17, 15) is 14.4 Å². The molecule has 0 fully saturated rings. The van der Waals surface area contributed by atoms with E-state index in [1.165, 1.54) is 212 Å². The molecule has 0 rings (SSSR count). The Morgan fingerprint density at radius 3 is 1.01 bits per heavy atom. The topological polar surface area (TPSA) is 87.3 Å². The maximum atomic E-state index is 13.4. The predicted molar refractivity (Wildman–Crippen MR) is 295 cm³/mol. The molecular formula is C61H115N3O3. The van der Waals surface area contributed by atoms with Gasteiger partial charge in [0.05, 0.1) is 0 Å². The van der Waals surface area contributed by atoms with Crippen LogP contribution in [0.5, 0.6) is 0 Å². The summed E-state index contributed by atoms with van der Waals surface area (Å²) in [5.74, 6) is 0.399. The summed E-state index contributed by atoms with van der Waals surface area (Å²) in [4.78, 5) is 38.7. The van der Waals surface area contributed by atoms with Crippen molar-refractivity contribution in [2.75, 3.05) is 26.2 Å². The molecule has 3 N–H and O–H groups in total. The zero-order valence-corrected chi connectivity index (χ0v) is 45.2. The van der Waals surface area contributed by atoms with Gasteiger partial charge in [-0.1, -0.05) is 211 Å². The quantitative estimate of drug-likeness (QED) is 0.0419. The lowest BCUT2D eigenvalue weighted by atomic mass is 9.95. The smallest absolute Gasteiger partial charge is 0.220 e. The number of Topliss-reactive ketones (excluding diaryl/α,β-unsaturated/α-hetero) is 1. The molecule has 0 aliphatic rings. The standard InChI is InChI=1S/C61H115N3O3/c1-4-7-10-13-16-19-22-25-28-31-34-37-40-43-46-50-59(65)58(57-64-61(67)52-48-45-42-39-36-33-30-27-24-21-18-15-12-9-6-3)53-56-62-54-49-55-63-60(66)51-47-44-41-38-35-32-29-26-23-20-17-14-11-8-5-2/h25-30,58,62H,4-24,31-57H2,1-3H3,(H,63,66)(H,64,67)/b28-25-,29-26-,30-27-. The highest BCUT2D eigenvalue weighted by Gasteiger charge is 2.19. The summed E-state index contributed by atoms with van der Waals surface area (Å²) in [6.07, 6.45) is 66.5. The molecule has 0 radical (unpaired) electrons. The molecule has 0 aliphatic carbocycles. The first kappa shape index (κ1) is 64.8. The van der Waals surface area contributed by atoms with Gasteiger partial charge in [-0.3, -0.25) is 14.4 Å². The number of hydrogen-bond acceptors (Lipinski definition) is 4. The fourth-order valence-electron chi connectivity index (χ4n) is 8.92. The molecule has 1 atom stereocenters. The second kappa shape index (κ2) is 56.4. The van der Waals surface area contributed by atoms with Crippen molar-refractivity contribution in [1.29, 1.82) is 0 Å². The number of nitrogens with one attached hydrogen (secondary N) is 3. The first-order chi connectivity index (χ1) is 33.0. The van der Waals surface area contributed by atoms with Crippen LogP contribution in [0.2, 0.25) is 0 Å². The van der Waals surface area contributed by atoms with Crippen molar-refractivity contribution in [2.45, 2.75) is 303 Å². The van der Waals surface area contributed by atoms with Crippen LogP contribution in [0.25, 0.3) is 0 Å². The molecule has 392 valence electrons. The van der Waals surface area contributed by atoms with Gasteiger partial charge in [0.25, 0.3) is 0 Å². The normalized spacial score (nSPS) is 12.3. The summed E-state index contributed by atoms with van der Waals surface area (Å²) in [6, 6.07) is 0. The first-order valence-electron chi connectivity index (χ1n) is 29.8. The van der Waals surface area contributed by atoms with Crippen LogP contribution >= 0.6 is 0 Å². The molecule has 1 unspecified atom stereocenters. The molecule has 0 aliphatic heterocycles. The summed E-state index contributed by atoms with van der Waals surface area (Å²) in [5.41, 5.74) is 0. The molecule has 0 saturated heterocycles. The summed E-state index contributed by atoms with van der Waals surface area (Å²) in [6.45, 7) is 9.51. The molecule has 2 amide bonds. The monoisotopic (exact) mass is 938 g/mol. The lowest BCUT2D eigenvalue weighted by molar-refractivity contribution is -0.124. The van der Waals surface area contributed by atoms with E-state index in [1.54, 1.807) is 0 Å². The van der Waals surface area contributed by atoms with Gasteiger partial charge in [-0.2, -0.15) is 0 Å². The fourth-order valence-corrected chi connectivity index (χ4v) is 8.92.